The number of aliphatic imine (C=N–C) groups is 1. The third kappa shape index (κ3) is 40.9. The van der Waals surface area contributed by atoms with Crippen LogP contribution in [0.3, 0.4) is 0 Å². The molecule has 1 aromatic carbocycles. The Balaban J connectivity index is 2.62. The van der Waals surface area contributed by atoms with Crippen LogP contribution in [0.15, 0.2) is 35.5 Å². The summed E-state index contributed by atoms with van der Waals surface area (Å²) in [7, 11) is 0. The van der Waals surface area contributed by atoms with Gasteiger partial charge in [0.25, 0.3) is 0 Å². The van der Waals surface area contributed by atoms with Gasteiger partial charge >= 0.3 is 0 Å². The van der Waals surface area contributed by atoms with Gasteiger partial charge in [-0.15, -0.1) is 0 Å². The summed E-state index contributed by atoms with van der Waals surface area (Å²) in [6, 6.07) is -12.5. The van der Waals surface area contributed by atoms with E-state index in [-0.39, 0.29) is 101 Å². The number of fused-ring (bicyclic) bond motifs is 1. The Morgan fingerprint density at radius 3 is 1.07 bits per heavy atom. The minimum absolute atomic E-state index is 0.00442. The number of nitrogens with zero attached hydrogens (tertiary/aromatic N) is 1. The number of H-pyrrole nitrogens is 1. The number of hydrogen-bond donors (Lipinski definition) is 23. The number of hydrogen-bond acceptors (Lipinski definition) is 21. The molecule has 0 unspecified atom stereocenters. The van der Waals surface area contributed by atoms with Crippen molar-refractivity contribution in [2.24, 2.45) is 92.7 Å². The SMILES string of the molecule is CC[C@@H](C)[C@@H](NC(=O)CNC(=O)[C@@H](C)N)C(=O)N[C@H](CC(C)C)C(=O)N[C@H](CCCCN)C(=O)N[C@H](CCCN=C(N)N)C(=O)N[C@H](Cc1c[nH]c2ccccc12)C(=O)N[C@@H](C(=O)N[C@@H](C(=O)N[C@H](CC(C)C)C(=O)N[C@@H](C(=O)N[C@H](CC(C)C)C(=O)N[C@@H](C(=O)N[C@H](CC(C)C)C(=O)N[C@@H](C(=O)N[C@H](CCCCN)C(N)=O)[C@H](C)O)C(C)C)[C@H](C)CC)C(C)C)C(C)C. The van der Waals surface area contributed by atoms with Crippen molar-refractivity contribution in [2.45, 2.75) is 332 Å². The van der Waals surface area contributed by atoms with Gasteiger partial charge in [0.2, 0.25) is 94.5 Å². The number of aliphatic hydroxyl groups is 1. The number of guanidine groups is 1. The second-order valence-corrected chi connectivity index (χ2v) is 36.7. The summed E-state index contributed by atoms with van der Waals surface area (Å²) >= 11 is 0. The largest absolute Gasteiger partial charge is 0.391 e. The predicted octanol–water partition coefficient (Wildman–Crippen LogP) is -0.617. The van der Waals surface area contributed by atoms with Crippen LogP contribution in [0.4, 0.5) is 0 Å². The lowest BCUT2D eigenvalue weighted by Gasteiger charge is -2.32. The van der Waals surface area contributed by atoms with E-state index in [1.165, 1.54) is 13.8 Å². The first-order valence-electron chi connectivity index (χ1n) is 45.7. The Bertz CT molecular complexity index is 4000. The molecule has 730 valence electrons. The molecule has 1 aromatic heterocycles. The van der Waals surface area contributed by atoms with Crippen LogP contribution < -0.4 is 114 Å². The third-order valence-electron chi connectivity index (χ3n) is 22.1. The molecule has 2 rings (SSSR count). The first kappa shape index (κ1) is 114. The molecular formula is C89H157N23O17. The van der Waals surface area contributed by atoms with Crippen LogP contribution in [0.1, 0.15) is 234 Å². The molecule has 40 heteroatoms. The summed E-state index contributed by atoms with van der Waals surface area (Å²) in [5.41, 5.74) is 35.4. The maximum absolute atomic E-state index is 15.3. The van der Waals surface area contributed by atoms with Gasteiger partial charge in [0.05, 0.1) is 18.7 Å². The summed E-state index contributed by atoms with van der Waals surface area (Å²) in [6.07, 6.45) is 2.78. The summed E-state index contributed by atoms with van der Waals surface area (Å²) < 4.78 is 0. The van der Waals surface area contributed by atoms with Crippen LogP contribution in [-0.2, 0) is 83.1 Å². The quantitative estimate of drug-likeness (QED) is 0.0223. The van der Waals surface area contributed by atoms with E-state index in [9.17, 15) is 72.2 Å². The zero-order valence-corrected chi connectivity index (χ0v) is 79.6. The lowest BCUT2D eigenvalue weighted by molar-refractivity contribution is -0.138. The fourth-order valence-electron chi connectivity index (χ4n) is 14.2. The summed E-state index contributed by atoms with van der Waals surface area (Å²) in [5.74, 6) is -16.9. The zero-order chi connectivity index (χ0) is 98.0. The van der Waals surface area contributed by atoms with E-state index in [0.717, 1.165) is 0 Å². The highest BCUT2D eigenvalue weighted by molar-refractivity contribution is 6.01. The van der Waals surface area contributed by atoms with Gasteiger partial charge in [-0.2, -0.15) is 0 Å². The number of unbranched alkanes of at least 4 members (excludes halogenated alkanes) is 2. The van der Waals surface area contributed by atoms with Crippen molar-refractivity contribution in [3.05, 3.63) is 36.0 Å². The Morgan fingerprint density at radius 1 is 0.372 bits per heavy atom. The molecule has 0 aliphatic heterocycles. The highest BCUT2D eigenvalue weighted by Crippen LogP contribution is 2.23. The van der Waals surface area contributed by atoms with Gasteiger partial charge in [-0.05, 0) is 169 Å². The highest BCUT2D eigenvalue weighted by Gasteiger charge is 2.42. The summed E-state index contributed by atoms with van der Waals surface area (Å²) in [5, 5.41) is 52.2. The average molecular weight is 1820 g/mol. The number of benzene rings is 1. The van der Waals surface area contributed by atoms with Gasteiger partial charge in [-0.1, -0.05) is 156 Å². The Hall–Kier alpha value is -10.6. The molecule has 0 aliphatic carbocycles. The molecule has 29 N–H and O–H groups in total. The summed E-state index contributed by atoms with van der Waals surface area (Å²) in [6.45, 7) is 34.1. The minimum Gasteiger partial charge on any atom is -0.391 e. The molecule has 0 aliphatic rings. The van der Waals surface area contributed by atoms with E-state index in [1.54, 1.807) is 121 Å². The average Bonchev–Trinajstić information content (AvgIpc) is 1.68. The molecule has 2 aromatic rings. The topological polar surface area (TPSA) is 658 Å². The Morgan fingerprint density at radius 2 is 0.690 bits per heavy atom. The van der Waals surface area contributed by atoms with Crippen LogP contribution in [0.2, 0.25) is 0 Å². The van der Waals surface area contributed by atoms with Gasteiger partial charge in [-0.3, -0.25) is 81.7 Å². The molecular weight excluding hydrogens is 1660 g/mol. The number of rotatable bonds is 61. The maximum atomic E-state index is 15.3. The number of carbonyl (C=O) groups is 16. The fourth-order valence-corrected chi connectivity index (χ4v) is 14.2. The van der Waals surface area contributed by atoms with E-state index >= 15 is 9.59 Å². The van der Waals surface area contributed by atoms with Crippen molar-refractivity contribution in [1.82, 2.24) is 84.7 Å². The van der Waals surface area contributed by atoms with Gasteiger partial charge in [0.1, 0.15) is 84.6 Å². The monoisotopic (exact) mass is 1820 g/mol. The number of aliphatic hydroxyl groups excluding tert-OH is 1. The lowest BCUT2D eigenvalue weighted by Crippen LogP contribution is -2.63. The van der Waals surface area contributed by atoms with Gasteiger partial charge < -0.3 is 124 Å². The third-order valence-corrected chi connectivity index (χ3v) is 22.1. The van der Waals surface area contributed by atoms with Crippen molar-refractivity contribution in [2.75, 3.05) is 26.2 Å². The first-order chi connectivity index (χ1) is 60.4. The van der Waals surface area contributed by atoms with Crippen molar-refractivity contribution in [1.29, 1.82) is 0 Å². The molecule has 0 radical (unpaired) electrons. The number of aromatic nitrogens is 1. The molecule has 0 saturated heterocycles. The fraction of sp³-hybridized carbons (Fsp3) is 0.719. The van der Waals surface area contributed by atoms with E-state index in [2.05, 4.69) is 89.7 Å². The van der Waals surface area contributed by atoms with Crippen molar-refractivity contribution in [3.63, 3.8) is 0 Å². The van der Waals surface area contributed by atoms with Crippen molar-refractivity contribution >= 4 is 111 Å². The molecule has 129 heavy (non-hydrogen) atoms. The maximum Gasteiger partial charge on any atom is 0.245 e. The van der Waals surface area contributed by atoms with E-state index in [1.807, 2.05) is 33.8 Å². The van der Waals surface area contributed by atoms with Gasteiger partial charge in [-0.25, -0.2) is 0 Å². The zero-order valence-electron chi connectivity index (χ0n) is 79.6. The van der Waals surface area contributed by atoms with Crippen LogP contribution in [0.5, 0.6) is 0 Å². The molecule has 1 heterocycles. The molecule has 40 nitrogen and oxygen atoms in total. The van der Waals surface area contributed by atoms with Crippen molar-refractivity contribution < 1.29 is 81.8 Å². The van der Waals surface area contributed by atoms with Crippen LogP contribution >= 0.6 is 0 Å². The van der Waals surface area contributed by atoms with Gasteiger partial charge in [0, 0.05) is 30.1 Å². The second kappa shape index (κ2) is 58.1. The van der Waals surface area contributed by atoms with Crippen molar-refractivity contribution in [3.8, 4) is 0 Å². The molecule has 0 spiro atoms. The number of aromatic amines is 1. The van der Waals surface area contributed by atoms with Crippen LogP contribution in [-0.4, -0.2) is 233 Å². The number of nitrogens with one attached hydrogen (secondary N) is 16. The predicted molar refractivity (Wildman–Crippen MR) is 494 cm³/mol. The standard InChI is InChI=1S/C89H157N23O17/c1-21-52(17)71(107-67(114)44-98-75(116)54(19)92)86(127)105-62(38-45(3)4)78(119)101-60(33-26-28-36-91)76(117)100-61(34-29-37-96-89(94)95)77(118)102-66(42-56-43-97-58-31-24-23-30-57(56)58)82(123)109-70(51(15)16)85(126)110-69(50(13)14)84(125)103-64(40-47(7)8)80(121)111-72(53(18)22-2)87(128)106-63(39-46(5)6)79(120)108-68(49(11)12)83(124)104-65(41-48(9)10)81(122)112-73(55(20)113)88(129)99-59(74(93)115)32-25-27-35-90/h23-24,30-31,43,45-55,59-66,68-73,97,113H,21-22,25-29,32-42,44,90-92H2,1-20H3,(H2,93,115)(H,98,116)(H,99,129)(H,100,117)(H,101,119)(H,102,118)(H,103,125)(H,104,124)(H,105,127)(H,106,128)(H,107,114)(H,108,120)(H,109,123)(H,110,126)(H,111,121)(H,112,122)(H4,94,95,96)/t52-,53-,54-,55+,59-,60-,61-,62-,63-,64-,65-,66-,68-,69-,70-,71-,72-,73-/m1/s1. The first-order valence-corrected chi connectivity index (χ1v) is 45.7. The highest BCUT2D eigenvalue weighted by atomic mass is 16.3. The molecule has 0 bridgehead atoms. The number of carbonyl (C=O) groups excluding carboxylic acids is 16. The Labute approximate surface area is 760 Å². The lowest BCUT2D eigenvalue weighted by atomic mass is 9.95. The van der Waals surface area contributed by atoms with Gasteiger partial charge in [0.15, 0.2) is 5.96 Å². The number of nitrogens with two attached hydrogens (primary N) is 6. The molecule has 0 fully saturated rings. The number of amides is 16. The summed E-state index contributed by atoms with van der Waals surface area (Å²) in [4.78, 5) is 235. The Kier molecular flexibility index (Phi) is 51.6. The molecule has 0 saturated carbocycles. The minimum atomic E-state index is -1.59. The van der Waals surface area contributed by atoms with E-state index < -0.39 is 227 Å². The second-order valence-electron chi connectivity index (χ2n) is 36.7. The number of para-hydroxylation sites is 1. The smallest absolute Gasteiger partial charge is 0.245 e. The van der Waals surface area contributed by atoms with Crippen LogP contribution in [0.25, 0.3) is 10.9 Å². The molecule has 18 atom stereocenters. The molecule has 16 amide bonds. The normalized spacial score (nSPS) is 15.8. The van der Waals surface area contributed by atoms with Crippen LogP contribution in [0, 0.1) is 53.3 Å². The van der Waals surface area contributed by atoms with E-state index in [0.29, 0.717) is 61.5 Å². The number of primary amides is 1. The van der Waals surface area contributed by atoms with E-state index in [4.69, 9.17) is 34.4 Å².